The summed E-state index contributed by atoms with van der Waals surface area (Å²) in [5.41, 5.74) is -0.443. The van der Waals surface area contributed by atoms with Crippen LogP contribution in [0.3, 0.4) is 0 Å². The Morgan fingerprint density at radius 3 is 2.29 bits per heavy atom. The lowest BCUT2D eigenvalue weighted by Crippen LogP contribution is -2.76. The molecule has 2 amide bonds. The molecule has 1 aliphatic heterocycles. The Labute approximate surface area is 164 Å². The van der Waals surface area contributed by atoms with Gasteiger partial charge in [-0.2, -0.15) is 8.78 Å². The van der Waals surface area contributed by atoms with Crippen molar-refractivity contribution >= 4 is 17.7 Å². The number of ether oxygens (including phenoxy) is 2. The van der Waals surface area contributed by atoms with Crippen molar-refractivity contribution < 1.29 is 27.8 Å². The second-order valence-electron chi connectivity index (χ2n) is 8.32. The molecular weight excluding hydrogens is 370 g/mol. The maximum absolute atomic E-state index is 14.6. The number of carbonyl (C=O) groups is 2. The summed E-state index contributed by atoms with van der Waals surface area (Å²) in [6.07, 6.45) is -0.526. The van der Waals surface area contributed by atoms with Crippen LogP contribution >= 0.6 is 0 Å². The summed E-state index contributed by atoms with van der Waals surface area (Å²) in [6, 6.07) is 3.80. The third-order valence-corrected chi connectivity index (χ3v) is 4.31. The summed E-state index contributed by atoms with van der Waals surface area (Å²) in [6.45, 7) is 8.79. The van der Waals surface area contributed by atoms with Crippen molar-refractivity contribution in [2.24, 2.45) is 5.92 Å². The van der Waals surface area contributed by atoms with Crippen LogP contribution in [-0.2, 0) is 9.53 Å². The van der Waals surface area contributed by atoms with Crippen LogP contribution in [0.25, 0.3) is 0 Å². The Balaban J connectivity index is 2.31. The van der Waals surface area contributed by atoms with Crippen molar-refractivity contribution in [1.29, 1.82) is 0 Å². The topological polar surface area (TPSA) is 67.9 Å². The molecule has 0 bridgehead atoms. The number of methoxy groups -OCH3 is 1. The summed E-state index contributed by atoms with van der Waals surface area (Å²) in [4.78, 5) is 25.4. The number of nitrogens with zero attached hydrogens (tertiary/aromatic N) is 1. The first kappa shape index (κ1) is 21.9. The molecule has 1 heterocycles. The van der Waals surface area contributed by atoms with E-state index in [0.29, 0.717) is 11.4 Å². The Kier molecular flexibility index (Phi) is 6.21. The third-order valence-electron chi connectivity index (χ3n) is 4.31. The summed E-state index contributed by atoms with van der Waals surface area (Å²) in [5, 5.41) is 2.55. The van der Waals surface area contributed by atoms with Crippen molar-refractivity contribution in [2.75, 3.05) is 12.0 Å². The molecule has 0 spiro atoms. The van der Waals surface area contributed by atoms with E-state index >= 15 is 0 Å². The van der Waals surface area contributed by atoms with Gasteiger partial charge in [-0.25, -0.2) is 4.79 Å². The zero-order valence-electron chi connectivity index (χ0n) is 17.1. The quantitative estimate of drug-likeness (QED) is 0.736. The number of nitrogens with one attached hydrogen (secondary N) is 1. The summed E-state index contributed by atoms with van der Waals surface area (Å²) >= 11 is 0. The van der Waals surface area contributed by atoms with Crippen LogP contribution in [-0.4, -0.2) is 42.7 Å². The lowest BCUT2D eigenvalue weighted by Gasteiger charge is -2.50. The van der Waals surface area contributed by atoms with Gasteiger partial charge in [-0.1, -0.05) is 13.8 Å². The van der Waals surface area contributed by atoms with Gasteiger partial charge in [0.1, 0.15) is 17.4 Å². The maximum Gasteiger partial charge on any atom is 0.407 e. The molecular formula is C20H28F2N2O4. The molecule has 0 aliphatic carbocycles. The number of hydrogen-bond donors (Lipinski definition) is 1. The number of hydrogen-bond acceptors (Lipinski definition) is 4. The molecule has 0 aromatic heterocycles. The molecule has 8 heteroatoms. The predicted octanol–water partition coefficient (Wildman–Crippen LogP) is 3.99. The highest BCUT2D eigenvalue weighted by Gasteiger charge is 2.66. The van der Waals surface area contributed by atoms with E-state index < -0.39 is 35.6 Å². The second kappa shape index (κ2) is 7.93. The number of alkyl carbamates (subject to hydrolysis) is 1. The van der Waals surface area contributed by atoms with Crippen molar-refractivity contribution in [3.05, 3.63) is 24.3 Å². The summed E-state index contributed by atoms with van der Waals surface area (Å²) < 4.78 is 39.4. The van der Waals surface area contributed by atoms with Gasteiger partial charge in [-0.3, -0.25) is 9.69 Å². The standard InChI is InChI=1S/C20H28F2N2O4/c1-12(2)11-15(23-18(26)28-19(3,4)5)16-20(21,22)17(25)24(16)13-7-9-14(27-6)10-8-13/h7-10,12,15-16H,11H2,1-6H3,(H,23,26)/t15-,16?/m0/s1. The average Bonchev–Trinajstić information content (AvgIpc) is 2.56. The minimum Gasteiger partial charge on any atom is -0.497 e. The van der Waals surface area contributed by atoms with Crippen LogP contribution in [0.5, 0.6) is 5.75 Å². The van der Waals surface area contributed by atoms with Crippen molar-refractivity contribution in [3.63, 3.8) is 0 Å². The van der Waals surface area contributed by atoms with Crippen molar-refractivity contribution in [1.82, 2.24) is 5.32 Å². The molecule has 1 aromatic rings. The highest BCUT2D eigenvalue weighted by Crippen LogP contribution is 2.43. The van der Waals surface area contributed by atoms with Gasteiger partial charge in [0.25, 0.3) is 5.91 Å². The fourth-order valence-corrected chi connectivity index (χ4v) is 3.20. The van der Waals surface area contributed by atoms with Gasteiger partial charge in [0.05, 0.1) is 13.2 Å². The molecule has 1 aromatic carbocycles. The first-order valence-corrected chi connectivity index (χ1v) is 9.22. The Morgan fingerprint density at radius 2 is 1.82 bits per heavy atom. The first-order chi connectivity index (χ1) is 12.9. The second-order valence-corrected chi connectivity index (χ2v) is 8.32. The van der Waals surface area contributed by atoms with Crippen LogP contribution < -0.4 is 15.0 Å². The Hall–Kier alpha value is -2.38. The van der Waals surface area contributed by atoms with Crippen LogP contribution in [0.2, 0.25) is 0 Å². The molecule has 28 heavy (non-hydrogen) atoms. The molecule has 1 aliphatic rings. The molecule has 1 N–H and O–H groups in total. The average molecular weight is 398 g/mol. The summed E-state index contributed by atoms with van der Waals surface area (Å²) in [7, 11) is 1.49. The third kappa shape index (κ3) is 4.72. The van der Waals surface area contributed by atoms with E-state index in [1.807, 2.05) is 13.8 Å². The van der Waals surface area contributed by atoms with Gasteiger partial charge in [-0.05, 0) is 57.4 Å². The fraction of sp³-hybridized carbons (Fsp3) is 0.600. The van der Waals surface area contributed by atoms with E-state index in [2.05, 4.69) is 5.32 Å². The van der Waals surface area contributed by atoms with E-state index in [0.717, 1.165) is 4.90 Å². The SMILES string of the molecule is COc1ccc(N2C(=O)C(F)(F)C2[C@H](CC(C)C)NC(=O)OC(C)(C)C)cc1. The Morgan fingerprint density at radius 1 is 1.25 bits per heavy atom. The maximum atomic E-state index is 14.6. The van der Waals surface area contributed by atoms with Gasteiger partial charge >= 0.3 is 12.0 Å². The molecule has 0 radical (unpaired) electrons. The smallest absolute Gasteiger partial charge is 0.407 e. The lowest BCUT2D eigenvalue weighted by atomic mass is 9.84. The van der Waals surface area contributed by atoms with Gasteiger partial charge in [0.15, 0.2) is 0 Å². The monoisotopic (exact) mass is 398 g/mol. The molecule has 2 rings (SSSR count). The van der Waals surface area contributed by atoms with E-state index in [1.54, 1.807) is 45.0 Å². The number of rotatable bonds is 6. The van der Waals surface area contributed by atoms with Crippen LogP contribution in [0.15, 0.2) is 24.3 Å². The molecule has 1 fully saturated rings. The minimum absolute atomic E-state index is 0.0177. The zero-order valence-corrected chi connectivity index (χ0v) is 17.1. The van der Waals surface area contributed by atoms with Crippen LogP contribution in [0.1, 0.15) is 41.0 Å². The van der Waals surface area contributed by atoms with Crippen LogP contribution in [0, 0.1) is 5.92 Å². The van der Waals surface area contributed by atoms with Gasteiger partial charge in [0, 0.05) is 5.69 Å². The highest BCUT2D eigenvalue weighted by molar-refractivity contribution is 6.07. The van der Waals surface area contributed by atoms with E-state index in [-0.39, 0.29) is 12.3 Å². The Bertz CT molecular complexity index is 714. The summed E-state index contributed by atoms with van der Waals surface area (Å²) in [5.74, 6) is -4.30. The minimum atomic E-state index is -3.57. The van der Waals surface area contributed by atoms with Gasteiger partial charge in [0.2, 0.25) is 0 Å². The molecule has 0 saturated carbocycles. The van der Waals surface area contributed by atoms with Gasteiger partial charge < -0.3 is 14.8 Å². The normalized spacial score (nSPS) is 19.8. The van der Waals surface area contributed by atoms with Gasteiger partial charge in [-0.15, -0.1) is 0 Å². The number of halogens is 2. The largest absolute Gasteiger partial charge is 0.497 e. The first-order valence-electron chi connectivity index (χ1n) is 9.22. The highest BCUT2D eigenvalue weighted by atomic mass is 19.3. The van der Waals surface area contributed by atoms with Crippen LogP contribution in [0.4, 0.5) is 19.3 Å². The molecule has 2 atom stereocenters. The number of benzene rings is 1. The number of β-lactam (4-membered cyclic amide) rings is 1. The molecule has 1 unspecified atom stereocenters. The zero-order chi connectivity index (χ0) is 21.3. The van der Waals surface area contributed by atoms with E-state index in [1.165, 1.54) is 7.11 Å². The number of carbonyl (C=O) groups excluding carboxylic acids is 2. The van der Waals surface area contributed by atoms with E-state index in [4.69, 9.17) is 9.47 Å². The van der Waals surface area contributed by atoms with Crippen molar-refractivity contribution in [2.45, 2.75) is 64.6 Å². The lowest BCUT2D eigenvalue weighted by molar-refractivity contribution is -0.164. The molecule has 156 valence electrons. The number of alkyl halides is 2. The van der Waals surface area contributed by atoms with E-state index in [9.17, 15) is 18.4 Å². The van der Waals surface area contributed by atoms with Crippen molar-refractivity contribution in [3.8, 4) is 5.75 Å². The number of amides is 2. The fourth-order valence-electron chi connectivity index (χ4n) is 3.20. The molecule has 6 nitrogen and oxygen atoms in total. The molecule has 1 saturated heterocycles. The predicted molar refractivity (Wildman–Crippen MR) is 102 cm³/mol. The number of anilines is 1.